The summed E-state index contributed by atoms with van der Waals surface area (Å²) in [5.74, 6) is -3.24. The van der Waals surface area contributed by atoms with Crippen LogP contribution in [0.1, 0.15) is 88.0 Å². The summed E-state index contributed by atoms with van der Waals surface area (Å²) in [5, 5.41) is 8.30. The Balaban J connectivity index is 2.32. The zero-order chi connectivity index (χ0) is 33.0. The number of ketones is 1. The number of likely N-dealkylation sites (N-methyl/N-ethyl adjacent to an activating group) is 1. The summed E-state index contributed by atoms with van der Waals surface area (Å²) in [4.78, 5) is 81.6. The lowest BCUT2D eigenvalue weighted by Gasteiger charge is -2.37. The number of likely N-dealkylation sites (tertiary alicyclic amines) is 1. The molecular formula is C31H54N6O6. The molecule has 0 bridgehead atoms. The molecule has 5 atom stereocenters. The van der Waals surface area contributed by atoms with Gasteiger partial charge in [-0.2, -0.15) is 0 Å². The Morgan fingerprint density at radius 3 is 1.93 bits per heavy atom. The largest absolute Gasteiger partial charge is 0.363 e. The second kappa shape index (κ2) is 14.5. The van der Waals surface area contributed by atoms with Crippen molar-refractivity contribution in [3.63, 3.8) is 0 Å². The van der Waals surface area contributed by atoms with Crippen LogP contribution in [-0.4, -0.2) is 89.0 Å². The summed E-state index contributed by atoms with van der Waals surface area (Å²) in [7, 11) is 1.68. The molecule has 0 aromatic heterocycles. The molecule has 12 nitrogen and oxygen atoms in total. The lowest BCUT2D eigenvalue weighted by atomic mass is 9.84. The van der Waals surface area contributed by atoms with Gasteiger partial charge in [0, 0.05) is 19.6 Å². The van der Waals surface area contributed by atoms with Gasteiger partial charge in [0.25, 0.3) is 5.91 Å². The molecule has 2 aliphatic rings. The highest BCUT2D eigenvalue weighted by molar-refractivity contribution is 6.37. The Hall–Kier alpha value is -3.18. The lowest BCUT2D eigenvalue weighted by Crippen LogP contribution is -2.62. The van der Waals surface area contributed by atoms with Gasteiger partial charge in [0.2, 0.25) is 23.5 Å². The van der Waals surface area contributed by atoms with E-state index in [9.17, 15) is 28.8 Å². The summed E-state index contributed by atoms with van der Waals surface area (Å²) >= 11 is 0. The van der Waals surface area contributed by atoms with Crippen LogP contribution in [0.3, 0.4) is 0 Å². The predicted octanol–water partition coefficient (Wildman–Crippen LogP) is 1.80. The topological polar surface area (TPSA) is 171 Å². The van der Waals surface area contributed by atoms with Gasteiger partial charge in [0.05, 0.1) is 6.04 Å². The van der Waals surface area contributed by atoms with Crippen LogP contribution < -0.4 is 21.7 Å². The maximum Gasteiger partial charge on any atom is 0.316 e. The summed E-state index contributed by atoms with van der Waals surface area (Å²) < 4.78 is 0. The Kier molecular flexibility index (Phi) is 12.2. The molecule has 0 spiro atoms. The minimum absolute atomic E-state index is 0.0439. The molecule has 43 heavy (non-hydrogen) atoms. The second-order valence-corrected chi connectivity index (χ2v) is 14.3. The van der Waals surface area contributed by atoms with Crippen LogP contribution in [0.5, 0.6) is 0 Å². The molecule has 244 valence electrons. The minimum Gasteiger partial charge on any atom is -0.363 e. The van der Waals surface area contributed by atoms with Crippen molar-refractivity contribution < 1.29 is 28.8 Å². The fraction of sp³-hybridized carbons (Fsp3) is 0.806. The monoisotopic (exact) mass is 606 g/mol. The van der Waals surface area contributed by atoms with Gasteiger partial charge in [-0.3, -0.25) is 24.0 Å². The van der Waals surface area contributed by atoms with Crippen LogP contribution in [0.4, 0.5) is 4.79 Å². The fourth-order valence-corrected chi connectivity index (χ4v) is 5.56. The molecule has 0 aromatic rings. The molecule has 2 fully saturated rings. The van der Waals surface area contributed by atoms with Gasteiger partial charge >= 0.3 is 6.03 Å². The maximum absolute atomic E-state index is 14.2. The third-order valence-electron chi connectivity index (χ3n) is 8.72. The fourth-order valence-electron chi connectivity index (χ4n) is 5.56. The number of amides is 6. The number of carbonyl (C=O) groups is 6. The van der Waals surface area contributed by atoms with E-state index in [1.807, 2.05) is 62.3 Å². The zero-order valence-electron chi connectivity index (χ0n) is 27.7. The van der Waals surface area contributed by atoms with Crippen molar-refractivity contribution >= 4 is 35.4 Å². The number of primary amides is 1. The number of nitrogens with two attached hydrogens (primary N) is 1. The smallest absolute Gasteiger partial charge is 0.316 e. The van der Waals surface area contributed by atoms with E-state index < -0.39 is 59.1 Å². The number of hydrogen-bond donors (Lipinski definition) is 4. The van der Waals surface area contributed by atoms with E-state index in [1.54, 1.807) is 11.9 Å². The summed E-state index contributed by atoms with van der Waals surface area (Å²) in [6.07, 6.45) is 2.72. The van der Waals surface area contributed by atoms with Gasteiger partial charge < -0.3 is 31.5 Å². The highest BCUT2D eigenvalue weighted by Crippen LogP contribution is 2.35. The molecule has 1 aliphatic carbocycles. The minimum atomic E-state index is -1.11. The first-order valence-corrected chi connectivity index (χ1v) is 15.6. The zero-order valence-corrected chi connectivity index (χ0v) is 27.7. The second-order valence-electron chi connectivity index (χ2n) is 14.3. The Morgan fingerprint density at radius 1 is 0.907 bits per heavy atom. The number of nitrogens with zero attached hydrogens (tertiary/aromatic N) is 2. The number of rotatable bonds is 13. The third-order valence-corrected chi connectivity index (χ3v) is 8.72. The molecule has 2 rings (SSSR count). The van der Waals surface area contributed by atoms with Crippen molar-refractivity contribution in [2.45, 2.75) is 118 Å². The standard InChI is InChI=1S/C31H54N6O6/c1-16(2)20-13-14-37(23(20)27(40)33-21(15-19-11-12-19)24(38)26(32)39)29(42)25(31(7,8)9)35-30(43)34-22(17(3)4)28(41)36(10)18(5)6/h16-23,25H,11-15H2,1-10H3,(H2,32,39)(H,33,40)(H2,34,35,43)/t20-,21?,22+,23+,25-/m1/s1. The summed E-state index contributed by atoms with van der Waals surface area (Å²) in [5.41, 5.74) is 4.53. The SMILES string of the molecule is CC(C)[C@H](NC(=O)N[C@H](C(=O)N1CC[C@H](C(C)C)[C@H]1C(=O)NC(CC1CC1)C(=O)C(N)=O)C(C)(C)C)C(=O)N(C)C(C)C. The van der Waals surface area contributed by atoms with Crippen molar-refractivity contribution in [1.29, 1.82) is 0 Å². The molecule has 6 amide bonds. The molecule has 1 saturated carbocycles. The van der Waals surface area contributed by atoms with Crippen molar-refractivity contribution in [1.82, 2.24) is 25.8 Å². The van der Waals surface area contributed by atoms with E-state index in [-0.39, 0.29) is 35.6 Å². The van der Waals surface area contributed by atoms with Crippen LogP contribution in [0.2, 0.25) is 0 Å². The van der Waals surface area contributed by atoms with Crippen LogP contribution in [0, 0.1) is 29.1 Å². The number of hydrogen-bond acceptors (Lipinski definition) is 6. The van der Waals surface area contributed by atoms with Gasteiger partial charge in [0.1, 0.15) is 18.1 Å². The van der Waals surface area contributed by atoms with Crippen LogP contribution in [-0.2, 0) is 24.0 Å². The number of carbonyl (C=O) groups excluding carboxylic acids is 6. The Bertz CT molecular complexity index is 1060. The molecule has 1 saturated heterocycles. The van der Waals surface area contributed by atoms with Crippen LogP contribution in [0.15, 0.2) is 0 Å². The van der Waals surface area contributed by atoms with E-state index >= 15 is 0 Å². The molecule has 12 heteroatoms. The maximum atomic E-state index is 14.2. The summed E-state index contributed by atoms with van der Waals surface area (Å²) in [6, 6.07) is -4.47. The normalized spacial score (nSPS) is 20.9. The average molecular weight is 607 g/mol. The average Bonchev–Trinajstić information content (AvgIpc) is 3.60. The van der Waals surface area contributed by atoms with E-state index in [1.165, 1.54) is 4.90 Å². The van der Waals surface area contributed by atoms with Gasteiger partial charge in [-0.15, -0.1) is 0 Å². The van der Waals surface area contributed by atoms with Crippen LogP contribution >= 0.6 is 0 Å². The first kappa shape index (κ1) is 36.0. The van der Waals surface area contributed by atoms with Gasteiger partial charge in [-0.1, -0.05) is 61.3 Å². The van der Waals surface area contributed by atoms with Crippen LogP contribution in [0.25, 0.3) is 0 Å². The Labute approximate surface area is 256 Å². The Morgan fingerprint density at radius 2 is 1.49 bits per heavy atom. The van der Waals surface area contributed by atoms with E-state index in [0.29, 0.717) is 19.4 Å². The van der Waals surface area contributed by atoms with E-state index in [4.69, 9.17) is 5.73 Å². The first-order chi connectivity index (χ1) is 19.8. The van der Waals surface area contributed by atoms with Crippen molar-refractivity contribution in [2.75, 3.05) is 13.6 Å². The van der Waals surface area contributed by atoms with Crippen molar-refractivity contribution in [2.24, 2.45) is 34.8 Å². The first-order valence-electron chi connectivity index (χ1n) is 15.6. The quantitative estimate of drug-likeness (QED) is 0.233. The molecule has 0 aromatic carbocycles. The predicted molar refractivity (Wildman–Crippen MR) is 163 cm³/mol. The number of nitrogens with one attached hydrogen (secondary N) is 3. The molecule has 1 heterocycles. The highest BCUT2D eigenvalue weighted by atomic mass is 16.2. The van der Waals surface area contributed by atoms with Gasteiger partial charge in [-0.05, 0) is 55.8 Å². The number of urea groups is 1. The third kappa shape index (κ3) is 9.40. The van der Waals surface area contributed by atoms with Gasteiger partial charge in [0.15, 0.2) is 0 Å². The molecular weight excluding hydrogens is 552 g/mol. The van der Waals surface area contributed by atoms with Crippen molar-refractivity contribution in [3.05, 3.63) is 0 Å². The summed E-state index contributed by atoms with van der Waals surface area (Å²) in [6.45, 7) is 17.1. The molecule has 1 unspecified atom stereocenters. The molecule has 1 aliphatic heterocycles. The van der Waals surface area contributed by atoms with Gasteiger partial charge in [-0.25, -0.2) is 4.79 Å². The van der Waals surface area contributed by atoms with Crippen molar-refractivity contribution in [3.8, 4) is 0 Å². The van der Waals surface area contributed by atoms with E-state index in [0.717, 1.165) is 12.8 Å². The van der Waals surface area contributed by atoms with E-state index in [2.05, 4.69) is 16.0 Å². The molecule has 5 N–H and O–H groups in total. The molecule has 0 radical (unpaired) electrons. The lowest BCUT2D eigenvalue weighted by molar-refractivity contribution is -0.144. The highest BCUT2D eigenvalue weighted by Gasteiger charge is 2.48. The number of Topliss-reactive ketones (excluding diaryl/α,β-unsaturated/α-hetero) is 1.